The third-order valence-corrected chi connectivity index (χ3v) is 7.60. The zero-order valence-electron chi connectivity index (χ0n) is 20.1. The van der Waals surface area contributed by atoms with Gasteiger partial charge < -0.3 is 4.74 Å². The lowest BCUT2D eigenvalue weighted by atomic mass is 9.88. The maximum atomic E-state index is 5.50. The van der Waals surface area contributed by atoms with Crippen molar-refractivity contribution in [3.8, 4) is 28.3 Å². The second kappa shape index (κ2) is 9.59. The monoisotopic (exact) mass is 462 g/mol. The lowest BCUT2D eigenvalue weighted by molar-refractivity contribution is 0.155. The number of fused-ring (bicyclic) bond motifs is 1. The van der Waals surface area contributed by atoms with Crippen LogP contribution in [0.25, 0.3) is 22.5 Å². The fraction of sp³-hybridized carbons (Fsp3) is 0.300. The van der Waals surface area contributed by atoms with Crippen molar-refractivity contribution in [2.75, 3.05) is 20.2 Å². The molecule has 2 aliphatic rings. The van der Waals surface area contributed by atoms with Crippen LogP contribution in [0, 0.1) is 0 Å². The van der Waals surface area contributed by atoms with Gasteiger partial charge in [-0.2, -0.15) is 0 Å². The highest BCUT2D eigenvalue weighted by atomic mass is 16.5. The minimum absolute atomic E-state index is 0.403. The summed E-state index contributed by atoms with van der Waals surface area (Å²) in [5.41, 5.74) is 7.41. The van der Waals surface area contributed by atoms with Gasteiger partial charge in [-0.15, -0.1) is 0 Å². The van der Waals surface area contributed by atoms with Crippen molar-refractivity contribution in [2.45, 2.75) is 37.6 Å². The lowest BCUT2D eigenvalue weighted by Gasteiger charge is -2.36. The van der Waals surface area contributed by atoms with Gasteiger partial charge in [0.15, 0.2) is 5.82 Å². The van der Waals surface area contributed by atoms with Crippen LogP contribution in [-0.4, -0.2) is 46.1 Å². The normalized spacial score (nSPS) is 16.8. The van der Waals surface area contributed by atoms with Gasteiger partial charge >= 0.3 is 0 Å². The van der Waals surface area contributed by atoms with E-state index in [-0.39, 0.29) is 0 Å². The highest BCUT2D eigenvalue weighted by molar-refractivity contribution is 5.69. The van der Waals surface area contributed by atoms with Crippen LogP contribution in [-0.2, 0) is 12.8 Å². The summed E-state index contributed by atoms with van der Waals surface area (Å²) in [5, 5.41) is 0. The van der Waals surface area contributed by atoms with E-state index in [0.717, 1.165) is 59.9 Å². The minimum Gasteiger partial charge on any atom is -0.497 e. The molecular weight excluding hydrogens is 432 g/mol. The lowest BCUT2D eigenvalue weighted by Crippen LogP contribution is -2.41. The number of aromatic nitrogens is 3. The van der Waals surface area contributed by atoms with Gasteiger partial charge in [0.2, 0.25) is 0 Å². The molecule has 176 valence electrons. The van der Waals surface area contributed by atoms with Crippen molar-refractivity contribution in [3.05, 3.63) is 96.1 Å². The molecule has 0 spiro atoms. The number of nitrogens with zero attached hydrogens (tertiary/aromatic N) is 4. The summed E-state index contributed by atoms with van der Waals surface area (Å²) in [4.78, 5) is 16.8. The summed E-state index contributed by atoms with van der Waals surface area (Å²) in [6, 6.07) is 21.7. The number of hydrogen-bond acceptors (Lipinski definition) is 5. The maximum Gasteiger partial charge on any atom is 0.159 e. The third kappa shape index (κ3) is 4.44. The van der Waals surface area contributed by atoms with Crippen LogP contribution >= 0.6 is 0 Å². The second-order valence-electron chi connectivity index (χ2n) is 9.60. The van der Waals surface area contributed by atoms with Crippen molar-refractivity contribution in [3.63, 3.8) is 0 Å². The fourth-order valence-corrected chi connectivity index (χ4v) is 5.69. The van der Waals surface area contributed by atoms with Crippen LogP contribution in [0.3, 0.4) is 0 Å². The van der Waals surface area contributed by atoms with Crippen molar-refractivity contribution >= 4 is 0 Å². The molecule has 0 amide bonds. The van der Waals surface area contributed by atoms with E-state index in [1.54, 1.807) is 19.5 Å². The Hall–Kier alpha value is -3.57. The maximum absolute atomic E-state index is 5.50. The molecule has 0 unspecified atom stereocenters. The van der Waals surface area contributed by atoms with Crippen LogP contribution in [0.2, 0.25) is 0 Å². The summed E-state index contributed by atoms with van der Waals surface area (Å²) in [6.45, 7) is 2.21. The molecule has 1 aliphatic heterocycles. The predicted molar refractivity (Wildman–Crippen MR) is 138 cm³/mol. The Bertz CT molecular complexity index is 1290. The van der Waals surface area contributed by atoms with Crippen LogP contribution < -0.4 is 4.74 Å². The van der Waals surface area contributed by atoms with Gasteiger partial charge in [0, 0.05) is 41.7 Å². The zero-order chi connectivity index (χ0) is 23.6. The first kappa shape index (κ1) is 21.9. The summed E-state index contributed by atoms with van der Waals surface area (Å²) in [7, 11) is 1.71. The van der Waals surface area contributed by atoms with Gasteiger partial charge in [0.1, 0.15) is 5.75 Å². The SMILES string of the molecule is COc1cccc(-c2cnc(-c3ccncc3)nc2C2CCN(C3Cc4ccccc4C3)CC2)c1. The van der Waals surface area contributed by atoms with Gasteiger partial charge in [0.05, 0.1) is 12.8 Å². The van der Waals surface area contributed by atoms with Crippen molar-refractivity contribution < 1.29 is 4.74 Å². The first-order chi connectivity index (χ1) is 17.3. The largest absolute Gasteiger partial charge is 0.497 e. The molecule has 1 saturated heterocycles. The third-order valence-electron chi connectivity index (χ3n) is 7.60. The van der Waals surface area contributed by atoms with Crippen molar-refractivity contribution in [2.24, 2.45) is 0 Å². The Morgan fingerprint density at radius 1 is 0.857 bits per heavy atom. The zero-order valence-corrected chi connectivity index (χ0v) is 20.1. The molecule has 5 nitrogen and oxygen atoms in total. The number of piperidine rings is 1. The average molecular weight is 463 g/mol. The standard InChI is InChI=1S/C30H30N4O/c1-35-27-8-4-7-25(19-27)28-20-32-30(22-9-13-31-14-10-22)33-29(28)21-11-15-34(16-12-21)26-17-23-5-2-3-6-24(23)18-26/h2-10,13-14,19-21,26H,11-12,15-18H2,1H3. The smallest absolute Gasteiger partial charge is 0.159 e. The topological polar surface area (TPSA) is 51.1 Å². The van der Waals surface area contributed by atoms with E-state index >= 15 is 0 Å². The molecule has 0 N–H and O–H groups in total. The van der Waals surface area contributed by atoms with Gasteiger partial charge in [-0.3, -0.25) is 9.88 Å². The Kier molecular flexibility index (Phi) is 6.01. The number of methoxy groups -OCH3 is 1. The van der Waals surface area contributed by atoms with Crippen LogP contribution in [0.5, 0.6) is 5.75 Å². The van der Waals surface area contributed by atoms with Gasteiger partial charge in [-0.05, 0) is 79.7 Å². The summed E-state index contributed by atoms with van der Waals surface area (Å²) in [5.74, 6) is 2.02. The quantitative estimate of drug-likeness (QED) is 0.389. The first-order valence-corrected chi connectivity index (χ1v) is 12.5. The number of likely N-dealkylation sites (tertiary alicyclic amines) is 1. The molecule has 1 aliphatic carbocycles. The molecular formula is C30H30N4O. The Morgan fingerprint density at radius 2 is 1.60 bits per heavy atom. The number of hydrogen-bond donors (Lipinski definition) is 0. The van der Waals surface area contributed by atoms with E-state index in [2.05, 4.69) is 46.3 Å². The number of pyridine rings is 1. The molecule has 2 aromatic carbocycles. The number of rotatable bonds is 5. The van der Waals surface area contributed by atoms with Gasteiger partial charge in [-0.1, -0.05) is 36.4 Å². The molecule has 0 saturated carbocycles. The van der Waals surface area contributed by atoms with Crippen LogP contribution in [0.15, 0.2) is 79.3 Å². The molecule has 1 fully saturated rings. The molecule has 0 atom stereocenters. The molecule has 0 bridgehead atoms. The predicted octanol–water partition coefficient (Wildman–Crippen LogP) is 5.56. The van der Waals surface area contributed by atoms with E-state index in [4.69, 9.17) is 14.7 Å². The Labute approximate surface area is 206 Å². The Balaban J connectivity index is 1.28. The molecule has 2 aromatic heterocycles. The van der Waals surface area contributed by atoms with E-state index in [1.165, 1.54) is 24.0 Å². The molecule has 3 heterocycles. The van der Waals surface area contributed by atoms with Crippen LogP contribution in [0.1, 0.15) is 35.6 Å². The molecule has 5 heteroatoms. The fourth-order valence-electron chi connectivity index (χ4n) is 5.69. The van der Waals surface area contributed by atoms with E-state index in [1.807, 2.05) is 30.5 Å². The summed E-state index contributed by atoms with van der Waals surface area (Å²) < 4.78 is 5.50. The molecule has 6 rings (SSSR count). The van der Waals surface area contributed by atoms with Crippen molar-refractivity contribution in [1.29, 1.82) is 0 Å². The summed E-state index contributed by atoms with van der Waals surface area (Å²) in [6.07, 6.45) is 10.2. The Morgan fingerprint density at radius 3 is 2.31 bits per heavy atom. The minimum atomic E-state index is 0.403. The number of ether oxygens (including phenoxy) is 1. The van der Waals surface area contributed by atoms with Crippen molar-refractivity contribution in [1.82, 2.24) is 19.9 Å². The second-order valence-corrected chi connectivity index (χ2v) is 9.60. The number of benzene rings is 2. The summed E-state index contributed by atoms with van der Waals surface area (Å²) >= 11 is 0. The first-order valence-electron chi connectivity index (χ1n) is 12.5. The van der Waals surface area contributed by atoms with E-state index in [0.29, 0.717) is 12.0 Å². The molecule has 0 radical (unpaired) electrons. The van der Waals surface area contributed by atoms with Gasteiger partial charge in [-0.25, -0.2) is 9.97 Å². The molecule has 35 heavy (non-hydrogen) atoms. The van der Waals surface area contributed by atoms with E-state index in [9.17, 15) is 0 Å². The molecule has 4 aromatic rings. The average Bonchev–Trinajstić information content (AvgIpc) is 3.38. The highest BCUT2D eigenvalue weighted by Crippen LogP contribution is 2.37. The van der Waals surface area contributed by atoms with Crippen LogP contribution in [0.4, 0.5) is 0 Å². The van der Waals surface area contributed by atoms with E-state index < -0.39 is 0 Å². The van der Waals surface area contributed by atoms with Gasteiger partial charge in [0.25, 0.3) is 0 Å². The highest BCUT2D eigenvalue weighted by Gasteiger charge is 2.31.